The SMILES string of the molecule is Cc1cccnc1-n1ccc2ccccc21. The Hall–Kier alpha value is -2.09. The van der Waals surface area contributed by atoms with Crippen molar-refractivity contribution >= 4 is 10.9 Å². The van der Waals surface area contributed by atoms with Crippen molar-refractivity contribution in [1.82, 2.24) is 9.55 Å². The molecule has 0 saturated heterocycles. The predicted molar refractivity (Wildman–Crippen MR) is 65.8 cm³/mol. The van der Waals surface area contributed by atoms with Gasteiger partial charge in [-0.05, 0) is 36.1 Å². The van der Waals surface area contributed by atoms with E-state index in [1.54, 1.807) is 0 Å². The van der Waals surface area contributed by atoms with Gasteiger partial charge in [-0.25, -0.2) is 4.98 Å². The largest absolute Gasteiger partial charge is 0.301 e. The standard InChI is InChI=1S/C14H12N2/c1-11-5-4-9-15-14(11)16-10-8-12-6-2-3-7-13(12)16/h2-10H,1H3. The molecule has 0 bridgehead atoms. The van der Waals surface area contributed by atoms with Crippen LogP contribution in [-0.4, -0.2) is 9.55 Å². The molecule has 0 aliphatic heterocycles. The smallest absolute Gasteiger partial charge is 0.139 e. The molecule has 0 unspecified atom stereocenters. The zero-order chi connectivity index (χ0) is 11.0. The average Bonchev–Trinajstić information content (AvgIpc) is 2.74. The molecule has 0 amide bonds. The highest BCUT2D eigenvalue weighted by Gasteiger charge is 2.04. The highest BCUT2D eigenvalue weighted by molar-refractivity contribution is 5.81. The summed E-state index contributed by atoms with van der Waals surface area (Å²) in [5.41, 5.74) is 2.38. The molecular weight excluding hydrogens is 196 g/mol. The second kappa shape index (κ2) is 3.49. The Bertz CT molecular complexity index is 638. The van der Waals surface area contributed by atoms with Crippen molar-refractivity contribution in [2.45, 2.75) is 6.92 Å². The fraction of sp³-hybridized carbons (Fsp3) is 0.0714. The van der Waals surface area contributed by atoms with Gasteiger partial charge in [0.05, 0.1) is 5.52 Å². The zero-order valence-electron chi connectivity index (χ0n) is 9.09. The summed E-state index contributed by atoms with van der Waals surface area (Å²) in [7, 11) is 0. The zero-order valence-corrected chi connectivity index (χ0v) is 9.09. The van der Waals surface area contributed by atoms with Crippen molar-refractivity contribution in [1.29, 1.82) is 0 Å². The molecule has 16 heavy (non-hydrogen) atoms. The molecule has 78 valence electrons. The van der Waals surface area contributed by atoms with Crippen molar-refractivity contribution in [3.63, 3.8) is 0 Å². The lowest BCUT2D eigenvalue weighted by Gasteiger charge is -2.06. The third-order valence-corrected chi connectivity index (χ3v) is 2.81. The summed E-state index contributed by atoms with van der Waals surface area (Å²) in [5.74, 6) is 1.00. The van der Waals surface area contributed by atoms with Crippen molar-refractivity contribution in [2.24, 2.45) is 0 Å². The number of pyridine rings is 1. The summed E-state index contributed by atoms with van der Waals surface area (Å²) >= 11 is 0. The van der Waals surface area contributed by atoms with Crippen LogP contribution in [0.4, 0.5) is 0 Å². The Morgan fingerprint density at radius 2 is 1.88 bits per heavy atom. The predicted octanol–water partition coefficient (Wildman–Crippen LogP) is 3.33. The maximum Gasteiger partial charge on any atom is 0.139 e. The van der Waals surface area contributed by atoms with E-state index in [0.29, 0.717) is 0 Å². The minimum Gasteiger partial charge on any atom is -0.301 e. The maximum absolute atomic E-state index is 4.43. The van der Waals surface area contributed by atoms with Gasteiger partial charge in [-0.3, -0.25) is 0 Å². The summed E-state index contributed by atoms with van der Waals surface area (Å²) in [4.78, 5) is 4.43. The van der Waals surface area contributed by atoms with Gasteiger partial charge >= 0.3 is 0 Å². The molecule has 2 heterocycles. The van der Waals surface area contributed by atoms with Crippen molar-refractivity contribution < 1.29 is 0 Å². The lowest BCUT2D eigenvalue weighted by molar-refractivity contribution is 1.02. The Kier molecular flexibility index (Phi) is 2.00. The molecule has 0 aliphatic carbocycles. The van der Waals surface area contributed by atoms with Gasteiger partial charge in [0.1, 0.15) is 5.82 Å². The van der Waals surface area contributed by atoms with Crippen LogP contribution in [0.1, 0.15) is 5.56 Å². The lowest BCUT2D eigenvalue weighted by atomic mass is 10.2. The maximum atomic E-state index is 4.43. The first-order chi connectivity index (χ1) is 7.86. The number of hydrogen-bond donors (Lipinski definition) is 0. The van der Waals surface area contributed by atoms with Crippen LogP contribution in [0.2, 0.25) is 0 Å². The van der Waals surface area contributed by atoms with E-state index in [1.165, 1.54) is 16.5 Å². The third kappa shape index (κ3) is 1.31. The first-order valence-corrected chi connectivity index (χ1v) is 5.34. The molecule has 0 saturated carbocycles. The number of fused-ring (bicyclic) bond motifs is 1. The molecule has 2 aromatic heterocycles. The fourth-order valence-corrected chi connectivity index (χ4v) is 2.00. The Morgan fingerprint density at radius 3 is 2.75 bits per heavy atom. The quantitative estimate of drug-likeness (QED) is 0.599. The van der Waals surface area contributed by atoms with Gasteiger partial charge in [-0.15, -0.1) is 0 Å². The number of rotatable bonds is 1. The molecule has 1 aromatic carbocycles. The van der Waals surface area contributed by atoms with Crippen LogP contribution in [0.15, 0.2) is 54.9 Å². The minimum atomic E-state index is 1.00. The summed E-state index contributed by atoms with van der Waals surface area (Å²) < 4.78 is 2.13. The van der Waals surface area contributed by atoms with E-state index in [9.17, 15) is 0 Å². The van der Waals surface area contributed by atoms with Gasteiger partial charge in [0.25, 0.3) is 0 Å². The average molecular weight is 208 g/mol. The van der Waals surface area contributed by atoms with E-state index in [2.05, 4.69) is 59.1 Å². The second-order valence-corrected chi connectivity index (χ2v) is 3.89. The monoisotopic (exact) mass is 208 g/mol. The summed E-state index contributed by atoms with van der Waals surface area (Å²) in [5, 5.41) is 1.24. The Balaban J connectivity index is 2.31. The summed E-state index contributed by atoms with van der Waals surface area (Å²) in [6, 6.07) is 14.5. The van der Waals surface area contributed by atoms with Crippen LogP contribution in [0.25, 0.3) is 16.7 Å². The highest BCUT2D eigenvalue weighted by Crippen LogP contribution is 2.20. The number of para-hydroxylation sites is 1. The number of aromatic nitrogens is 2. The van der Waals surface area contributed by atoms with E-state index in [4.69, 9.17) is 0 Å². The Morgan fingerprint density at radius 1 is 1.00 bits per heavy atom. The van der Waals surface area contributed by atoms with E-state index in [0.717, 1.165) is 5.82 Å². The molecule has 0 radical (unpaired) electrons. The minimum absolute atomic E-state index is 1.00. The molecule has 0 atom stereocenters. The van der Waals surface area contributed by atoms with Crippen molar-refractivity contribution in [3.05, 3.63) is 60.4 Å². The molecule has 2 nitrogen and oxygen atoms in total. The van der Waals surface area contributed by atoms with Crippen LogP contribution >= 0.6 is 0 Å². The molecule has 2 heteroatoms. The van der Waals surface area contributed by atoms with Crippen LogP contribution in [0.3, 0.4) is 0 Å². The molecular formula is C14H12N2. The second-order valence-electron chi connectivity index (χ2n) is 3.89. The third-order valence-electron chi connectivity index (χ3n) is 2.81. The van der Waals surface area contributed by atoms with Gasteiger partial charge in [0.2, 0.25) is 0 Å². The van der Waals surface area contributed by atoms with Gasteiger partial charge < -0.3 is 4.57 Å². The fourth-order valence-electron chi connectivity index (χ4n) is 2.00. The van der Waals surface area contributed by atoms with Crippen molar-refractivity contribution in [3.8, 4) is 5.82 Å². The van der Waals surface area contributed by atoms with Crippen LogP contribution < -0.4 is 0 Å². The number of benzene rings is 1. The summed E-state index contributed by atoms with van der Waals surface area (Å²) in [6.45, 7) is 2.08. The van der Waals surface area contributed by atoms with Gasteiger partial charge in [-0.1, -0.05) is 24.3 Å². The van der Waals surface area contributed by atoms with Crippen LogP contribution in [-0.2, 0) is 0 Å². The normalized spacial score (nSPS) is 10.8. The topological polar surface area (TPSA) is 17.8 Å². The molecule has 0 fully saturated rings. The molecule has 0 spiro atoms. The van der Waals surface area contributed by atoms with E-state index in [-0.39, 0.29) is 0 Å². The molecule has 3 aromatic rings. The molecule has 0 aliphatic rings. The van der Waals surface area contributed by atoms with Crippen LogP contribution in [0, 0.1) is 6.92 Å². The van der Waals surface area contributed by atoms with E-state index in [1.807, 2.05) is 12.3 Å². The Labute approximate surface area is 94.2 Å². The van der Waals surface area contributed by atoms with Gasteiger partial charge in [-0.2, -0.15) is 0 Å². The van der Waals surface area contributed by atoms with Gasteiger partial charge in [0, 0.05) is 12.4 Å². The summed E-state index contributed by atoms with van der Waals surface area (Å²) in [6.07, 6.45) is 3.90. The number of hydrogen-bond acceptors (Lipinski definition) is 1. The van der Waals surface area contributed by atoms with E-state index >= 15 is 0 Å². The molecule has 0 N–H and O–H groups in total. The van der Waals surface area contributed by atoms with E-state index < -0.39 is 0 Å². The van der Waals surface area contributed by atoms with Crippen LogP contribution in [0.5, 0.6) is 0 Å². The first kappa shape index (κ1) is 9.16. The lowest BCUT2D eigenvalue weighted by Crippen LogP contribution is -1.97. The molecule has 3 rings (SSSR count). The highest BCUT2D eigenvalue weighted by atomic mass is 15.0. The number of aryl methyl sites for hydroxylation is 1. The first-order valence-electron chi connectivity index (χ1n) is 5.34. The van der Waals surface area contributed by atoms with Crippen molar-refractivity contribution in [2.75, 3.05) is 0 Å². The van der Waals surface area contributed by atoms with Gasteiger partial charge in [0.15, 0.2) is 0 Å². The number of nitrogens with zero attached hydrogens (tertiary/aromatic N) is 2.